The highest BCUT2D eigenvalue weighted by molar-refractivity contribution is 6.31. The molecule has 1 saturated heterocycles. The zero-order valence-electron chi connectivity index (χ0n) is 10.2. The molecule has 1 aliphatic heterocycles. The van der Waals surface area contributed by atoms with Crippen LogP contribution in [0, 0.1) is 0 Å². The van der Waals surface area contributed by atoms with Gasteiger partial charge in [-0.1, -0.05) is 11.6 Å². The molecule has 1 aromatic rings. The minimum atomic E-state index is 0.256. The average molecular weight is 229 g/mol. The Balaban J connectivity index is 1.78. The van der Waals surface area contributed by atoms with Gasteiger partial charge in [-0.2, -0.15) is 0 Å². The van der Waals surface area contributed by atoms with Crippen LogP contribution in [-0.2, 0) is 4.65 Å². The Morgan fingerprint density at radius 1 is 1.59 bits per heavy atom. The van der Waals surface area contributed by atoms with Crippen molar-refractivity contribution in [3.8, 4) is 0 Å². The average Bonchev–Trinajstić information content (AvgIpc) is 2.32. The summed E-state index contributed by atoms with van der Waals surface area (Å²) in [7, 11) is 1.89. The standard InChI is InChI=1S/C13H18BN2O/c1-10(2)9-11-6-7-12(14-17-11)16-13-5-3-4-8-15-13/h3-5,8,11-12H,1,6-7,9H2,2H3,(H,15,16). The van der Waals surface area contributed by atoms with Crippen molar-refractivity contribution in [2.75, 3.05) is 5.32 Å². The van der Waals surface area contributed by atoms with Crippen molar-refractivity contribution >= 4 is 13.3 Å². The van der Waals surface area contributed by atoms with Gasteiger partial charge in [0, 0.05) is 18.2 Å². The van der Waals surface area contributed by atoms with Gasteiger partial charge in [-0.05, 0) is 38.3 Å². The molecule has 0 aliphatic carbocycles. The number of nitrogens with zero attached hydrogens (tertiary/aromatic N) is 1. The molecule has 1 N–H and O–H groups in total. The number of hydrogen-bond donors (Lipinski definition) is 1. The quantitative estimate of drug-likeness (QED) is 0.636. The van der Waals surface area contributed by atoms with Crippen molar-refractivity contribution in [3.63, 3.8) is 0 Å². The van der Waals surface area contributed by atoms with Crippen molar-refractivity contribution in [2.45, 2.75) is 38.2 Å². The van der Waals surface area contributed by atoms with Crippen LogP contribution in [-0.4, -0.2) is 24.5 Å². The molecule has 17 heavy (non-hydrogen) atoms. The van der Waals surface area contributed by atoms with Gasteiger partial charge in [-0.15, -0.1) is 6.58 Å². The first-order valence-electron chi connectivity index (χ1n) is 6.05. The summed E-state index contributed by atoms with van der Waals surface area (Å²) >= 11 is 0. The van der Waals surface area contributed by atoms with Gasteiger partial charge in [0.15, 0.2) is 0 Å². The summed E-state index contributed by atoms with van der Waals surface area (Å²) < 4.78 is 5.70. The first-order valence-corrected chi connectivity index (χ1v) is 6.05. The smallest absolute Gasteiger partial charge is 0.317 e. The lowest BCUT2D eigenvalue weighted by Crippen LogP contribution is -2.37. The van der Waals surface area contributed by atoms with Gasteiger partial charge in [0.25, 0.3) is 0 Å². The third kappa shape index (κ3) is 3.89. The molecular formula is C13H18BN2O. The zero-order valence-corrected chi connectivity index (χ0v) is 10.2. The lowest BCUT2D eigenvalue weighted by Gasteiger charge is -2.29. The Morgan fingerprint density at radius 3 is 3.06 bits per heavy atom. The fraction of sp³-hybridized carbons (Fsp3) is 0.462. The van der Waals surface area contributed by atoms with E-state index in [0.29, 0.717) is 6.10 Å². The van der Waals surface area contributed by atoms with Crippen LogP contribution in [0.2, 0.25) is 0 Å². The van der Waals surface area contributed by atoms with Crippen LogP contribution >= 0.6 is 0 Å². The number of anilines is 1. The van der Waals surface area contributed by atoms with Gasteiger partial charge in [0.05, 0.1) is 0 Å². The highest BCUT2D eigenvalue weighted by Crippen LogP contribution is 2.19. The molecule has 0 spiro atoms. The van der Waals surface area contributed by atoms with Gasteiger partial charge in [-0.3, -0.25) is 0 Å². The molecule has 0 aromatic carbocycles. The van der Waals surface area contributed by atoms with E-state index in [2.05, 4.69) is 16.9 Å². The van der Waals surface area contributed by atoms with E-state index in [1.165, 1.54) is 5.57 Å². The SMILES string of the molecule is C=C(C)CC1CCC(Nc2ccccn2)[B]O1. The summed E-state index contributed by atoms with van der Waals surface area (Å²) in [5.74, 6) is 1.15. The number of aromatic nitrogens is 1. The minimum Gasteiger partial charge on any atom is -0.435 e. The van der Waals surface area contributed by atoms with Crippen molar-refractivity contribution < 1.29 is 4.65 Å². The zero-order chi connectivity index (χ0) is 12.1. The molecule has 0 bridgehead atoms. The molecule has 1 aliphatic rings. The summed E-state index contributed by atoms with van der Waals surface area (Å²) in [4.78, 5) is 4.24. The van der Waals surface area contributed by atoms with Gasteiger partial charge in [0.2, 0.25) is 0 Å². The highest BCUT2D eigenvalue weighted by Gasteiger charge is 2.23. The maximum atomic E-state index is 5.70. The molecule has 2 atom stereocenters. The van der Waals surface area contributed by atoms with E-state index in [1.807, 2.05) is 32.6 Å². The fourth-order valence-corrected chi connectivity index (χ4v) is 1.99. The molecule has 2 unspecified atom stereocenters. The number of hydrogen-bond acceptors (Lipinski definition) is 3. The first kappa shape index (κ1) is 12.2. The lowest BCUT2D eigenvalue weighted by atomic mass is 9.79. The lowest BCUT2D eigenvalue weighted by molar-refractivity contribution is 0.175. The van der Waals surface area contributed by atoms with Crippen LogP contribution in [0.25, 0.3) is 0 Å². The van der Waals surface area contributed by atoms with Crippen molar-refractivity contribution in [1.29, 1.82) is 0 Å². The molecule has 2 rings (SSSR count). The predicted octanol–water partition coefficient (Wildman–Crippen LogP) is 2.58. The van der Waals surface area contributed by atoms with Crippen molar-refractivity contribution in [1.82, 2.24) is 4.98 Å². The van der Waals surface area contributed by atoms with E-state index >= 15 is 0 Å². The molecule has 0 saturated carbocycles. The second-order valence-electron chi connectivity index (χ2n) is 4.60. The maximum Gasteiger partial charge on any atom is 0.317 e. The van der Waals surface area contributed by atoms with Gasteiger partial charge in [0.1, 0.15) is 5.82 Å². The third-order valence-corrected chi connectivity index (χ3v) is 2.81. The largest absolute Gasteiger partial charge is 0.435 e. The van der Waals surface area contributed by atoms with Crippen LogP contribution in [0.15, 0.2) is 36.5 Å². The molecule has 89 valence electrons. The van der Waals surface area contributed by atoms with E-state index in [-0.39, 0.29) is 5.94 Å². The number of pyridine rings is 1. The molecule has 1 fully saturated rings. The van der Waals surface area contributed by atoms with Crippen LogP contribution in [0.1, 0.15) is 26.2 Å². The van der Waals surface area contributed by atoms with E-state index < -0.39 is 0 Å². The fourth-order valence-electron chi connectivity index (χ4n) is 1.99. The molecule has 1 radical (unpaired) electrons. The second-order valence-corrected chi connectivity index (χ2v) is 4.60. The summed E-state index contributed by atoms with van der Waals surface area (Å²) in [5.41, 5.74) is 1.18. The maximum absolute atomic E-state index is 5.70. The van der Waals surface area contributed by atoms with Gasteiger partial charge in [-0.25, -0.2) is 4.98 Å². The van der Waals surface area contributed by atoms with Crippen molar-refractivity contribution in [3.05, 3.63) is 36.5 Å². The summed E-state index contributed by atoms with van der Waals surface area (Å²) in [6.07, 6.45) is 5.18. The molecular weight excluding hydrogens is 211 g/mol. The van der Waals surface area contributed by atoms with Crippen LogP contribution in [0.3, 0.4) is 0 Å². The molecule has 2 heterocycles. The second kappa shape index (κ2) is 5.87. The van der Waals surface area contributed by atoms with E-state index in [9.17, 15) is 0 Å². The Bertz CT molecular complexity index is 361. The highest BCUT2D eigenvalue weighted by atomic mass is 16.4. The Morgan fingerprint density at radius 2 is 2.47 bits per heavy atom. The third-order valence-electron chi connectivity index (χ3n) is 2.81. The number of nitrogens with one attached hydrogen (secondary N) is 1. The van der Waals surface area contributed by atoms with Crippen LogP contribution in [0.4, 0.5) is 5.82 Å². The molecule has 4 heteroatoms. The van der Waals surface area contributed by atoms with E-state index in [4.69, 9.17) is 4.65 Å². The molecule has 1 aromatic heterocycles. The van der Waals surface area contributed by atoms with E-state index in [1.54, 1.807) is 6.20 Å². The summed E-state index contributed by atoms with van der Waals surface area (Å²) in [6, 6.07) is 5.85. The van der Waals surface area contributed by atoms with Gasteiger partial charge < -0.3 is 9.97 Å². The van der Waals surface area contributed by atoms with Crippen molar-refractivity contribution in [2.24, 2.45) is 0 Å². The minimum absolute atomic E-state index is 0.256. The molecule has 3 nitrogen and oxygen atoms in total. The summed E-state index contributed by atoms with van der Waals surface area (Å²) in [5, 5.41) is 3.34. The Labute approximate surface area is 104 Å². The molecule has 0 amide bonds. The van der Waals surface area contributed by atoms with E-state index in [0.717, 1.165) is 25.1 Å². The Hall–Kier alpha value is -1.29. The van der Waals surface area contributed by atoms with Crippen LogP contribution in [0.5, 0.6) is 0 Å². The monoisotopic (exact) mass is 229 g/mol. The summed E-state index contributed by atoms with van der Waals surface area (Å²) in [6.45, 7) is 5.96. The normalized spacial score (nSPS) is 23.8. The predicted molar refractivity (Wildman–Crippen MR) is 70.9 cm³/mol. The van der Waals surface area contributed by atoms with Gasteiger partial charge >= 0.3 is 7.48 Å². The number of rotatable bonds is 4. The first-order chi connectivity index (χ1) is 8.24. The topological polar surface area (TPSA) is 34.2 Å². The van der Waals surface area contributed by atoms with Crippen LogP contribution < -0.4 is 5.32 Å². The Kier molecular flexibility index (Phi) is 4.21.